The summed E-state index contributed by atoms with van der Waals surface area (Å²) in [5.41, 5.74) is -1.29. The van der Waals surface area contributed by atoms with Crippen LogP contribution < -0.4 is 10.2 Å². The number of phenols is 1. The van der Waals surface area contributed by atoms with Crippen molar-refractivity contribution >= 4 is 27.6 Å². The number of fused-ring (bicyclic) bond motifs is 3. The number of benzene rings is 2. The van der Waals surface area contributed by atoms with Gasteiger partial charge in [0.15, 0.2) is 0 Å². The molecular formula is C18H15NO6. The summed E-state index contributed by atoms with van der Waals surface area (Å²) in [6.07, 6.45) is 0.937. The minimum absolute atomic E-state index is 0.0234. The first-order valence-corrected chi connectivity index (χ1v) is 7.87. The Hall–Kier alpha value is -3.09. The van der Waals surface area contributed by atoms with Crippen molar-refractivity contribution in [3.8, 4) is 11.5 Å². The SMILES string of the molecule is CC1(C)CCc2c(c([N+](=O)[O-])c3oc4ccccc4c(=O)c3c2O)O1. The molecule has 0 fully saturated rings. The molecule has 1 N–H and O–H groups in total. The molecule has 0 unspecified atom stereocenters. The number of nitro benzene ring substituents is 1. The standard InChI is InChI=1S/C18H15NO6/c1-18(2)8-7-10-15(21)12-14(20)9-5-3-4-6-11(9)24-17(12)13(19(22)23)16(10)25-18/h3-6,21H,7-8H2,1-2H3. The van der Waals surface area contributed by atoms with Crippen LogP contribution in [-0.2, 0) is 6.42 Å². The summed E-state index contributed by atoms with van der Waals surface area (Å²) in [6.45, 7) is 3.63. The fourth-order valence-electron chi connectivity index (χ4n) is 3.29. The van der Waals surface area contributed by atoms with Gasteiger partial charge in [0.25, 0.3) is 0 Å². The lowest BCUT2D eigenvalue weighted by Crippen LogP contribution is -2.33. The highest BCUT2D eigenvalue weighted by molar-refractivity contribution is 6.00. The van der Waals surface area contributed by atoms with Crippen LogP contribution >= 0.6 is 0 Å². The third-order valence-corrected chi connectivity index (χ3v) is 4.56. The van der Waals surface area contributed by atoms with Crippen LogP contribution in [0, 0.1) is 10.1 Å². The molecule has 0 saturated carbocycles. The van der Waals surface area contributed by atoms with Crippen molar-refractivity contribution in [2.45, 2.75) is 32.3 Å². The smallest absolute Gasteiger partial charge is 0.354 e. The maximum atomic E-state index is 12.8. The number of hydrogen-bond acceptors (Lipinski definition) is 6. The van der Waals surface area contributed by atoms with Crippen molar-refractivity contribution in [3.63, 3.8) is 0 Å². The Bertz CT molecular complexity index is 1110. The van der Waals surface area contributed by atoms with Crippen molar-refractivity contribution < 1.29 is 19.2 Å². The van der Waals surface area contributed by atoms with Gasteiger partial charge in [-0.25, -0.2) is 0 Å². The molecule has 1 aromatic heterocycles. The lowest BCUT2D eigenvalue weighted by atomic mass is 9.91. The lowest BCUT2D eigenvalue weighted by Gasteiger charge is -2.32. The highest BCUT2D eigenvalue weighted by Crippen LogP contribution is 2.49. The van der Waals surface area contributed by atoms with Crippen molar-refractivity contribution in [1.82, 2.24) is 0 Å². The second-order valence-corrected chi connectivity index (χ2v) is 6.76. The van der Waals surface area contributed by atoms with Crippen LogP contribution in [0.1, 0.15) is 25.8 Å². The highest BCUT2D eigenvalue weighted by atomic mass is 16.6. The molecular weight excluding hydrogens is 326 g/mol. The quantitative estimate of drug-likeness (QED) is 0.411. The number of ether oxygens (including phenoxy) is 1. The van der Waals surface area contributed by atoms with Crippen LogP contribution in [0.15, 0.2) is 33.5 Å². The molecule has 7 heteroatoms. The second-order valence-electron chi connectivity index (χ2n) is 6.76. The highest BCUT2D eigenvalue weighted by Gasteiger charge is 2.38. The molecule has 128 valence electrons. The average molecular weight is 341 g/mol. The summed E-state index contributed by atoms with van der Waals surface area (Å²) in [4.78, 5) is 23.9. The van der Waals surface area contributed by atoms with Gasteiger partial charge in [0, 0.05) is 5.56 Å². The summed E-state index contributed by atoms with van der Waals surface area (Å²) in [7, 11) is 0. The monoisotopic (exact) mass is 341 g/mol. The summed E-state index contributed by atoms with van der Waals surface area (Å²) in [5, 5.41) is 22.5. The van der Waals surface area contributed by atoms with Crippen molar-refractivity contribution in [2.75, 3.05) is 0 Å². The van der Waals surface area contributed by atoms with E-state index in [-0.39, 0.29) is 39.0 Å². The molecule has 2 aromatic carbocycles. The molecule has 2 heterocycles. The van der Waals surface area contributed by atoms with Crippen LogP contribution in [0.25, 0.3) is 21.9 Å². The molecule has 4 rings (SSSR count). The maximum absolute atomic E-state index is 12.8. The van der Waals surface area contributed by atoms with Gasteiger partial charge in [0.2, 0.25) is 16.8 Å². The summed E-state index contributed by atoms with van der Waals surface area (Å²) in [6, 6.07) is 6.45. The van der Waals surface area contributed by atoms with Gasteiger partial charge in [0.05, 0.1) is 10.3 Å². The maximum Gasteiger partial charge on any atom is 0.354 e. The van der Waals surface area contributed by atoms with Gasteiger partial charge in [-0.2, -0.15) is 0 Å². The predicted molar refractivity (Wildman–Crippen MR) is 91.3 cm³/mol. The Labute approximate surface area is 141 Å². The Morgan fingerprint density at radius 2 is 2.00 bits per heavy atom. The zero-order valence-electron chi connectivity index (χ0n) is 13.7. The van der Waals surface area contributed by atoms with Crippen molar-refractivity contribution in [1.29, 1.82) is 0 Å². The first kappa shape index (κ1) is 15.4. The number of aromatic hydroxyl groups is 1. The largest absolute Gasteiger partial charge is 0.507 e. The van der Waals surface area contributed by atoms with Crippen molar-refractivity contribution in [2.24, 2.45) is 0 Å². The Balaban J connectivity index is 2.24. The molecule has 0 spiro atoms. The van der Waals surface area contributed by atoms with Gasteiger partial charge in [0.1, 0.15) is 22.3 Å². The molecule has 3 aromatic rings. The molecule has 0 amide bonds. The summed E-state index contributed by atoms with van der Waals surface area (Å²) >= 11 is 0. The Kier molecular flexibility index (Phi) is 3.06. The first-order chi connectivity index (χ1) is 11.8. The van der Waals surface area contributed by atoms with Crippen LogP contribution in [-0.4, -0.2) is 15.6 Å². The molecule has 0 bridgehead atoms. The first-order valence-electron chi connectivity index (χ1n) is 7.87. The van der Waals surface area contributed by atoms with Crippen molar-refractivity contribution in [3.05, 3.63) is 50.2 Å². The van der Waals surface area contributed by atoms with E-state index in [4.69, 9.17) is 9.15 Å². The minimum atomic E-state index is -0.625. The minimum Gasteiger partial charge on any atom is -0.507 e. The number of nitro groups is 1. The zero-order valence-corrected chi connectivity index (χ0v) is 13.7. The van der Waals surface area contributed by atoms with E-state index >= 15 is 0 Å². The van der Waals surface area contributed by atoms with E-state index in [9.17, 15) is 20.0 Å². The molecule has 1 aliphatic rings. The molecule has 0 atom stereocenters. The zero-order chi connectivity index (χ0) is 17.9. The summed E-state index contributed by atoms with van der Waals surface area (Å²) < 4.78 is 11.4. The Morgan fingerprint density at radius 3 is 2.72 bits per heavy atom. The van der Waals surface area contributed by atoms with Crippen LogP contribution in [0.2, 0.25) is 0 Å². The molecule has 0 radical (unpaired) electrons. The molecule has 25 heavy (non-hydrogen) atoms. The van der Waals surface area contributed by atoms with E-state index in [0.29, 0.717) is 12.8 Å². The lowest BCUT2D eigenvalue weighted by molar-refractivity contribution is -0.385. The molecule has 7 nitrogen and oxygen atoms in total. The van der Waals surface area contributed by atoms with Crippen LogP contribution in [0.4, 0.5) is 5.69 Å². The van der Waals surface area contributed by atoms with E-state index in [2.05, 4.69) is 0 Å². The Morgan fingerprint density at radius 1 is 1.28 bits per heavy atom. The second kappa shape index (κ2) is 4.95. The van der Waals surface area contributed by atoms with E-state index in [1.807, 2.05) is 13.8 Å². The van der Waals surface area contributed by atoms with Crippen LogP contribution in [0.3, 0.4) is 0 Å². The van der Waals surface area contributed by atoms with Gasteiger partial charge >= 0.3 is 5.69 Å². The molecule has 0 saturated heterocycles. The van der Waals surface area contributed by atoms with Crippen LogP contribution in [0.5, 0.6) is 11.5 Å². The van der Waals surface area contributed by atoms with E-state index in [0.717, 1.165) is 0 Å². The van der Waals surface area contributed by atoms with Gasteiger partial charge in [-0.05, 0) is 38.8 Å². The third kappa shape index (κ3) is 2.15. The number of nitrogens with zero attached hydrogens (tertiary/aromatic N) is 1. The number of para-hydroxylation sites is 1. The summed E-state index contributed by atoms with van der Waals surface area (Å²) in [5.74, 6) is -0.324. The molecule has 0 aliphatic carbocycles. The number of phenolic OH excluding ortho intramolecular Hbond substituents is 1. The average Bonchev–Trinajstić information content (AvgIpc) is 2.53. The third-order valence-electron chi connectivity index (χ3n) is 4.56. The normalized spacial score (nSPS) is 15.8. The molecule has 1 aliphatic heterocycles. The van der Waals surface area contributed by atoms with E-state index < -0.39 is 21.6 Å². The van der Waals surface area contributed by atoms with E-state index in [1.165, 1.54) is 0 Å². The number of hydrogen-bond donors (Lipinski definition) is 1. The van der Waals surface area contributed by atoms with Gasteiger partial charge in [-0.3, -0.25) is 14.9 Å². The predicted octanol–water partition coefficient (Wildman–Crippen LogP) is 3.66. The fourth-order valence-corrected chi connectivity index (χ4v) is 3.29. The van der Waals surface area contributed by atoms with E-state index in [1.54, 1.807) is 24.3 Å². The topological polar surface area (TPSA) is 103 Å². The van der Waals surface area contributed by atoms with Gasteiger partial charge in [-0.1, -0.05) is 12.1 Å². The van der Waals surface area contributed by atoms with Gasteiger partial charge in [-0.15, -0.1) is 0 Å². The van der Waals surface area contributed by atoms with Gasteiger partial charge < -0.3 is 14.3 Å². The fraction of sp³-hybridized carbons (Fsp3) is 0.278. The number of rotatable bonds is 1.